The van der Waals surface area contributed by atoms with Crippen molar-refractivity contribution in [2.45, 2.75) is 6.92 Å². The standard InChI is InChI=1S/C19H19ClN2O5/c1-12(23)22(15-7-8-17(26-2)16(20)10-15)11-18(24)21-14-6-4-5-13(9-14)19(25)27-3/h4-10H,11H2,1-3H3,(H,21,24). The number of nitrogens with zero attached hydrogens (tertiary/aromatic N) is 1. The summed E-state index contributed by atoms with van der Waals surface area (Å²) in [5.74, 6) is -0.800. The Morgan fingerprint density at radius 3 is 2.44 bits per heavy atom. The van der Waals surface area contributed by atoms with Crippen molar-refractivity contribution in [3.63, 3.8) is 0 Å². The molecule has 0 aliphatic heterocycles. The maximum absolute atomic E-state index is 12.4. The van der Waals surface area contributed by atoms with Crippen LogP contribution in [0.4, 0.5) is 11.4 Å². The Kier molecular flexibility index (Phi) is 6.79. The molecule has 0 atom stereocenters. The number of hydrogen-bond acceptors (Lipinski definition) is 5. The van der Waals surface area contributed by atoms with Gasteiger partial charge in [0, 0.05) is 18.3 Å². The van der Waals surface area contributed by atoms with Crippen LogP contribution in [0.15, 0.2) is 42.5 Å². The van der Waals surface area contributed by atoms with E-state index in [4.69, 9.17) is 16.3 Å². The molecule has 0 aliphatic carbocycles. The van der Waals surface area contributed by atoms with Gasteiger partial charge < -0.3 is 19.7 Å². The third-order valence-electron chi connectivity index (χ3n) is 3.70. The lowest BCUT2D eigenvalue weighted by atomic mass is 10.2. The van der Waals surface area contributed by atoms with Gasteiger partial charge in [-0.1, -0.05) is 17.7 Å². The highest BCUT2D eigenvalue weighted by Crippen LogP contribution is 2.29. The van der Waals surface area contributed by atoms with Gasteiger partial charge in [-0.2, -0.15) is 0 Å². The first-order chi connectivity index (χ1) is 12.8. The van der Waals surface area contributed by atoms with Crippen LogP contribution in [0.2, 0.25) is 5.02 Å². The molecule has 2 rings (SSSR count). The first-order valence-electron chi connectivity index (χ1n) is 7.95. The maximum Gasteiger partial charge on any atom is 0.337 e. The molecule has 0 heterocycles. The summed E-state index contributed by atoms with van der Waals surface area (Å²) in [6, 6.07) is 11.1. The second kappa shape index (κ2) is 9.05. The van der Waals surface area contributed by atoms with Crippen molar-refractivity contribution >= 4 is 40.8 Å². The van der Waals surface area contributed by atoms with Crippen molar-refractivity contribution < 1.29 is 23.9 Å². The highest BCUT2D eigenvalue weighted by Gasteiger charge is 2.18. The molecule has 2 amide bonds. The van der Waals surface area contributed by atoms with Crippen molar-refractivity contribution in [2.75, 3.05) is 31.0 Å². The summed E-state index contributed by atoms with van der Waals surface area (Å²) in [5.41, 5.74) is 1.19. The van der Waals surface area contributed by atoms with Crippen molar-refractivity contribution in [1.82, 2.24) is 0 Å². The normalized spacial score (nSPS) is 10.1. The fourth-order valence-corrected chi connectivity index (χ4v) is 2.65. The van der Waals surface area contributed by atoms with E-state index in [-0.39, 0.29) is 12.5 Å². The minimum atomic E-state index is -0.510. The number of hydrogen-bond donors (Lipinski definition) is 1. The fraction of sp³-hybridized carbons (Fsp3) is 0.211. The lowest BCUT2D eigenvalue weighted by Gasteiger charge is -2.21. The zero-order chi connectivity index (χ0) is 20.0. The van der Waals surface area contributed by atoms with Crippen molar-refractivity contribution in [2.24, 2.45) is 0 Å². The van der Waals surface area contributed by atoms with Crippen LogP contribution in [-0.4, -0.2) is 38.5 Å². The molecule has 0 saturated heterocycles. The average molecular weight is 391 g/mol. The Morgan fingerprint density at radius 1 is 1.11 bits per heavy atom. The smallest absolute Gasteiger partial charge is 0.337 e. The third-order valence-corrected chi connectivity index (χ3v) is 3.99. The van der Waals surface area contributed by atoms with Crippen LogP contribution in [0.1, 0.15) is 17.3 Å². The van der Waals surface area contributed by atoms with Crippen molar-refractivity contribution in [1.29, 1.82) is 0 Å². The summed E-state index contributed by atoms with van der Waals surface area (Å²) in [4.78, 5) is 37.2. The molecule has 8 heteroatoms. The topological polar surface area (TPSA) is 84.9 Å². The average Bonchev–Trinajstić information content (AvgIpc) is 2.65. The second-order valence-corrected chi connectivity index (χ2v) is 5.95. The molecule has 2 aromatic rings. The zero-order valence-corrected chi connectivity index (χ0v) is 15.9. The molecular formula is C19H19ClN2O5. The number of esters is 1. The van der Waals surface area contributed by atoms with E-state index in [2.05, 4.69) is 10.1 Å². The summed E-state index contributed by atoms with van der Waals surface area (Å²) in [6.45, 7) is 1.13. The third kappa shape index (κ3) is 5.21. The van der Waals surface area contributed by atoms with E-state index in [1.807, 2.05) is 0 Å². The highest BCUT2D eigenvalue weighted by atomic mass is 35.5. The zero-order valence-electron chi connectivity index (χ0n) is 15.1. The molecular weight excluding hydrogens is 372 g/mol. The van der Waals surface area contributed by atoms with Crippen LogP contribution in [0.3, 0.4) is 0 Å². The molecule has 0 aliphatic rings. The number of ether oxygens (including phenoxy) is 2. The molecule has 142 valence electrons. The minimum absolute atomic E-state index is 0.222. The Morgan fingerprint density at radius 2 is 1.85 bits per heavy atom. The van der Waals surface area contributed by atoms with Gasteiger partial charge in [0.25, 0.3) is 0 Å². The predicted molar refractivity (Wildman–Crippen MR) is 102 cm³/mol. The summed E-state index contributed by atoms with van der Waals surface area (Å²) >= 11 is 6.10. The predicted octanol–water partition coefficient (Wildman–Crippen LogP) is 3.13. The van der Waals surface area contributed by atoms with E-state index in [1.165, 1.54) is 32.1 Å². The van der Waals surface area contributed by atoms with Gasteiger partial charge in [-0.3, -0.25) is 9.59 Å². The number of methoxy groups -OCH3 is 2. The van der Waals surface area contributed by atoms with Crippen LogP contribution in [-0.2, 0) is 14.3 Å². The molecule has 2 aromatic carbocycles. The van der Waals surface area contributed by atoms with Crippen LogP contribution >= 0.6 is 11.6 Å². The number of benzene rings is 2. The summed E-state index contributed by atoms with van der Waals surface area (Å²) in [7, 11) is 2.76. The lowest BCUT2D eigenvalue weighted by Crippen LogP contribution is -2.36. The van der Waals surface area contributed by atoms with Crippen LogP contribution < -0.4 is 15.0 Å². The molecule has 0 radical (unpaired) electrons. The highest BCUT2D eigenvalue weighted by molar-refractivity contribution is 6.32. The summed E-state index contributed by atoms with van der Waals surface area (Å²) in [5, 5.41) is 2.98. The van der Waals surface area contributed by atoms with E-state index in [9.17, 15) is 14.4 Å². The lowest BCUT2D eigenvalue weighted by molar-refractivity contribution is -0.120. The van der Waals surface area contributed by atoms with Gasteiger partial charge in [-0.25, -0.2) is 4.79 Å². The maximum atomic E-state index is 12.4. The van der Waals surface area contributed by atoms with Gasteiger partial charge in [0.1, 0.15) is 12.3 Å². The van der Waals surface area contributed by atoms with E-state index >= 15 is 0 Å². The molecule has 0 saturated carbocycles. The Bertz CT molecular complexity index is 869. The van der Waals surface area contributed by atoms with Gasteiger partial charge in [-0.15, -0.1) is 0 Å². The second-order valence-electron chi connectivity index (χ2n) is 5.54. The van der Waals surface area contributed by atoms with Crippen LogP contribution in [0.25, 0.3) is 0 Å². The van der Waals surface area contributed by atoms with Crippen molar-refractivity contribution in [3.8, 4) is 5.75 Å². The number of nitrogens with one attached hydrogen (secondary N) is 1. The Labute approximate surface area is 161 Å². The number of carbonyl (C=O) groups is 3. The van der Waals surface area contributed by atoms with Crippen LogP contribution in [0, 0.1) is 0 Å². The molecule has 0 spiro atoms. The quantitative estimate of drug-likeness (QED) is 0.766. The molecule has 0 bridgehead atoms. The van der Waals surface area contributed by atoms with Gasteiger partial charge >= 0.3 is 5.97 Å². The van der Waals surface area contributed by atoms with E-state index < -0.39 is 11.9 Å². The Balaban J connectivity index is 2.15. The number of rotatable bonds is 6. The summed E-state index contributed by atoms with van der Waals surface area (Å²) < 4.78 is 9.74. The van der Waals surface area contributed by atoms with Crippen LogP contribution in [0.5, 0.6) is 5.75 Å². The van der Waals surface area contributed by atoms with Crippen molar-refractivity contribution in [3.05, 3.63) is 53.1 Å². The Hall–Kier alpha value is -3.06. The first kappa shape index (κ1) is 20.3. The van der Waals surface area contributed by atoms with Gasteiger partial charge in [0.05, 0.1) is 24.8 Å². The first-order valence-corrected chi connectivity index (χ1v) is 8.33. The molecule has 27 heavy (non-hydrogen) atoms. The molecule has 0 fully saturated rings. The largest absolute Gasteiger partial charge is 0.495 e. The fourth-order valence-electron chi connectivity index (χ4n) is 2.39. The van der Waals surface area contributed by atoms with Gasteiger partial charge in [0.15, 0.2) is 0 Å². The SMILES string of the molecule is COC(=O)c1cccc(NC(=O)CN(C(C)=O)c2ccc(OC)c(Cl)c2)c1. The monoisotopic (exact) mass is 390 g/mol. The minimum Gasteiger partial charge on any atom is -0.495 e. The van der Waals surface area contributed by atoms with Gasteiger partial charge in [-0.05, 0) is 36.4 Å². The summed E-state index contributed by atoms with van der Waals surface area (Å²) in [6.07, 6.45) is 0. The molecule has 7 nitrogen and oxygen atoms in total. The van der Waals surface area contributed by atoms with E-state index in [1.54, 1.807) is 36.4 Å². The number of carbonyl (C=O) groups excluding carboxylic acids is 3. The molecule has 0 aromatic heterocycles. The van der Waals surface area contributed by atoms with E-state index in [0.717, 1.165) is 0 Å². The van der Waals surface area contributed by atoms with E-state index in [0.29, 0.717) is 27.7 Å². The molecule has 1 N–H and O–H groups in total. The number of anilines is 2. The number of amides is 2. The van der Waals surface area contributed by atoms with Gasteiger partial charge in [0.2, 0.25) is 11.8 Å². The molecule has 0 unspecified atom stereocenters. The number of halogens is 1.